The van der Waals surface area contributed by atoms with Gasteiger partial charge in [0.25, 0.3) is 5.91 Å². The fourth-order valence-electron chi connectivity index (χ4n) is 3.58. The van der Waals surface area contributed by atoms with Gasteiger partial charge in [-0.1, -0.05) is 26.8 Å². The SMILES string of the molecule is CC(C)(C)CNCC1(O)CN(C(=O)c2ccc(F)c(F)c2Cc2ccc(I)cc2F)C1. The Morgan fingerprint density at radius 1 is 1.16 bits per heavy atom. The van der Waals surface area contributed by atoms with Crippen LogP contribution in [0.4, 0.5) is 13.2 Å². The van der Waals surface area contributed by atoms with Crippen molar-refractivity contribution < 1.29 is 23.1 Å². The smallest absolute Gasteiger partial charge is 0.254 e. The third kappa shape index (κ3) is 5.78. The highest BCUT2D eigenvalue weighted by Gasteiger charge is 2.44. The number of β-amino-alcohol motifs (C(OH)–C–C–N with tert-alkyl or cyclic N) is 1. The molecule has 168 valence electrons. The summed E-state index contributed by atoms with van der Waals surface area (Å²) < 4.78 is 43.5. The average molecular weight is 546 g/mol. The standard InChI is InChI=1S/C23H26F3IN2O2/c1-22(2,3)10-28-11-23(31)12-29(13-23)21(30)16-6-7-18(24)20(26)17(16)8-14-4-5-15(27)9-19(14)25/h4-7,9,28,31H,8,10-13H2,1-3H3. The second kappa shape index (κ2) is 9.07. The fraction of sp³-hybridized carbons (Fsp3) is 0.435. The predicted octanol–water partition coefficient (Wildman–Crippen LogP) is 4.12. The maximum atomic E-state index is 14.6. The number of nitrogens with one attached hydrogen (secondary N) is 1. The second-order valence-electron chi connectivity index (χ2n) is 9.35. The minimum atomic E-state index is -1.16. The molecule has 0 radical (unpaired) electrons. The molecule has 8 heteroatoms. The van der Waals surface area contributed by atoms with Crippen molar-refractivity contribution in [2.24, 2.45) is 5.41 Å². The van der Waals surface area contributed by atoms with Crippen molar-refractivity contribution in [3.05, 3.63) is 68.0 Å². The Hall–Kier alpha value is -1.65. The van der Waals surface area contributed by atoms with E-state index in [1.165, 1.54) is 23.1 Å². The topological polar surface area (TPSA) is 52.6 Å². The van der Waals surface area contributed by atoms with Crippen LogP contribution in [0.3, 0.4) is 0 Å². The number of carbonyl (C=O) groups excluding carboxylic acids is 1. The van der Waals surface area contributed by atoms with Crippen molar-refractivity contribution >= 4 is 28.5 Å². The Balaban J connectivity index is 1.76. The van der Waals surface area contributed by atoms with E-state index in [2.05, 4.69) is 26.1 Å². The van der Waals surface area contributed by atoms with Crippen molar-refractivity contribution in [3.8, 4) is 0 Å². The van der Waals surface area contributed by atoms with E-state index in [4.69, 9.17) is 0 Å². The normalized spacial score (nSPS) is 15.7. The van der Waals surface area contributed by atoms with Crippen LogP contribution < -0.4 is 5.32 Å². The van der Waals surface area contributed by atoms with Gasteiger partial charge in [-0.3, -0.25) is 4.79 Å². The molecule has 1 amide bonds. The molecule has 0 aliphatic carbocycles. The molecule has 0 saturated carbocycles. The summed E-state index contributed by atoms with van der Waals surface area (Å²) in [5.74, 6) is -3.31. The summed E-state index contributed by atoms with van der Waals surface area (Å²) in [7, 11) is 0. The van der Waals surface area contributed by atoms with Crippen molar-refractivity contribution in [2.75, 3.05) is 26.2 Å². The van der Waals surface area contributed by atoms with Crippen LogP contribution in [0.5, 0.6) is 0 Å². The number of amides is 1. The van der Waals surface area contributed by atoms with Crippen LogP contribution >= 0.6 is 22.6 Å². The lowest BCUT2D eigenvalue weighted by molar-refractivity contribution is -0.0792. The van der Waals surface area contributed by atoms with Gasteiger partial charge in [0.15, 0.2) is 11.6 Å². The molecule has 1 saturated heterocycles. The monoisotopic (exact) mass is 546 g/mol. The molecule has 1 aliphatic heterocycles. The molecule has 0 spiro atoms. The van der Waals surface area contributed by atoms with E-state index in [9.17, 15) is 23.1 Å². The van der Waals surface area contributed by atoms with Gasteiger partial charge in [0, 0.05) is 34.2 Å². The molecule has 0 aromatic heterocycles. The summed E-state index contributed by atoms with van der Waals surface area (Å²) in [5, 5.41) is 13.8. The maximum absolute atomic E-state index is 14.6. The molecule has 3 rings (SSSR count). The van der Waals surface area contributed by atoms with Crippen molar-refractivity contribution in [3.63, 3.8) is 0 Å². The first kappa shape index (κ1) is 24.0. The maximum Gasteiger partial charge on any atom is 0.254 e. The summed E-state index contributed by atoms with van der Waals surface area (Å²) in [4.78, 5) is 14.4. The van der Waals surface area contributed by atoms with Crippen LogP contribution in [-0.4, -0.2) is 47.7 Å². The van der Waals surface area contributed by atoms with Crippen LogP contribution in [0, 0.1) is 26.4 Å². The zero-order chi connectivity index (χ0) is 23.0. The average Bonchev–Trinajstić information content (AvgIpc) is 2.64. The first-order valence-electron chi connectivity index (χ1n) is 10.0. The molecular formula is C23H26F3IN2O2. The number of nitrogens with zero attached hydrogens (tertiary/aromatic N) is 1. The van der Waals surface area contributed by atoms with Gasteiger partial charge in [0.05, 0.1) is 13.1 Å². The molecule has 1 heterocycles. The summed E-state index contributed by atoms with van der Waals surface area (Å²) in [6.07, 6.45) is -0.251. The molecular weight excluding hydrogens is 520 g/mol. The van der Waals surface area contributed by atoms with Crippen molar-refractivity contribution in [2.45, 2.75) is 32.8 Å². The number of hydrogen-bond acceptors (Lipinski definition) is 3. The Bertz CT molecular complexity index is 986. The van der Waals surface area contributed by atoms with Gasteiger partial charge in [-0.15, -0.1) is 0 Å². The zero-order valence-corrected chi connectivity index (χ0v) is 19.9. The number of carbonyl (C=O) groups is 1. The number of rotatable bonds is 6. The number of hydrogen-bond donors (Lipinski definition) is 2. The number of benzene rings is 2. The Labute approximate surface area is 194 Å². The molecule has 2 aromatic rings. The molecule has 0 bridgehead atoms. The van der Waals surface area contributed by atoms with E-state index in [-0.39, 0.29) is 41.6 Å². The van der Waals surface area contributed by atoms with Crippen LogP contribution in [0.15, 0.2) is 30.3 Å². The molecule has 1 fully saturated rings. The third-order valence-corrected chi connectivity index (χ3v) is 5.85. The second-order valence-corrected chi connectivity index (χ2v) is 10.6. The first-order chi connectivity index (χ1) is 14.4. The van der Waals surface area contributed by atoms with E-state index in [0.29, 0.717) is 16.7 Å². The number of likely N-dealkylation sites (tertiary alicyclic amines) is 1. The van der Waals surface area contributed by atoms with Gasteiger partial charge in [0.2, 0.25) is 0 Å². The van der Waals surface area contributed by atoms with Gasteiger partial charge in [-0.25, -0.2) is 13.2 Å². The van der Waals surface area contributed by atoms with E-state index >= 15 is 0 Å². The van der Waals surface area contributed by atoms with Crippen LogP contribution in [0.1, 0.15) is 42.3 Å². The fourth-order valence-corrected chi connectivity index (χ4v) is 4.03. The van der Waals surface area contributed by atoms with Gasteiger partial charge >= 0.3 is 0 Å². The van der Waals surface area contributed by atoms with E-state index in [1.54, 1.807) is 6.07 Å². The van der Waals surface area contributed by atoms with E-state index < -0.39 is 29.0 Å². The van der Waals surface area contributed by atoms with Crippen LogP contribution in [-0.2, 0) is 6.42 Å². The molecule has 2 N–H and O–H groups in total. The van der Waals surface area contributed by atoms with Gasteiger partial charge < -0.3 is 15.3 Å². The molecule has 4 nitrogen and oxygen atoms in total. The number of halogens is 4. The first-order valence-corrected chi connectivity index (χ1v) is 11.1. The molecule has 1 aliphatic rings. The summed E-state index contributed by atoms with van der Waals surface area (Å²) in [6, 6.07) is 6.58. The Morgan fingerprint density at radius 3 is 2.45 bits per heavy atom. The lowest BCUT2D eigenvalue weighted by atomic mass is 9.90. The van der Waals surface area contributed by atoms with Gasteiger partial charge in [0.1, 0.15) is 11.4 Å². The highest BCUT2D eigenvalue weighted by molar-refractivity contribution is 14.1. The minimum Gasteiger partial charge on any atom is -0.385 e. The largest absolute Gasteiger partial charge is 0.385 e. The molecule has 0 atom stereocenters. The van der Waals surface area contributed by atoms with Gasteiger partial charge in [-0.2, -0.15) is 0 Å². The number of aliphatic hydroxyl groups is 1. The molecule has 31 heavy (non-hydrogen) atoms. The lowest BCUT2D eigenvalue weighted by Gasteiger charge is -2.47. The Morgan fingerprint density at radius 2 is 1.84 bits per heavy atom. The predicted molar refractivity (Wildman–Crippen MR) is 121 cm³/mol. The lowest BCUT2D eigenvalue weighted by Crippen LogP contribution is -2.67. The zero-order valence-electron chi connectivity index (χ0n) is 17.7. The third-order valence-electron chi connectivity index (χ3n) is 5.18. The van der Waals surface area contributed by atoms with E-state index in [1.807, 2.05) is 22.6 Å². The van der Waals surface area contributed by atoms with Crippen LogP contribution in [0.2, 0.25) is 0 Å². The highest BCUT2D eigenvalue weighted by Crippen LogP contribution is 2.28. The Kier molecular flexibility index (Phi) is 7.02. The summed E-state index contributed by atoms with van der Waals surface area (Å²) >= 11 is 1.96. The van der Waals surface area contributed by atoms with Crippen LogP contribution in [0.25, 0.3) is 0 Å². The van der Waals surface area contributed by atoms with E-state index in [0.717, 1.165) is 6.07 Å². The summed E-state index contributed by atoms with van der Waals surface area (Å²) in [5.41, 5.74) is -1.05. The summed E-state index contributed by atoms with van der Waals surface area (Å²) in [6.45, 7) is 7.41. The van der Waals surface area contributed by atoms with Gasteiger partial charge in [-0.05, 0) is 57.8 Å². The molecule has 0 unspecified atom stereocenters. The van der Waals surface area contributed by atoms with Crippen molar-refractivity contribution in [1.29, 1.82) is 0 Å². The quantitative estimate of drug-likeness (QED) is 0.537. The highest BCUT2D eigenvalue weighted by atomic mass is 127. The molecule has 2 aromatic carbocycles. The van der Waals surface area contributed by atoms with Crippen molar-refractivity contribution in [1.82, 2.24) is 10.2 Å². The minimum absolute atomic E-state index is 0.0263.